The molecule has 0 spiro atoms. The largest absolute Gasteiger partial charge is 0.438 e. The number of hydrogen-bond donors (Lipinski definition) is 1. The Kier molecular flexibility index (Phi) is 3.51. The molecular weight excluding hydrogens is 301 g/mol. The number of alkyl halides is 3. The van der Waals surface area contributed by atoms with Gasteiger partial charge in [-0.05, 0) is 6.92 Å². The molecule has 2 rings (SSSR count). The predicted molar refractivity (Wildman–Crippen MR) is 62.9 cm³/mol. The van der Waals surface area contributed by atoms with Gasteiger partial charge in [-0.25, -0.2) is 0 Å². The van der Waals surface area contributed by atoms with Gasteiger partial charge in [-0.15, -0.1) is 0 Å². The minimum atomic E-state index is -5.00. The van der Waals surface area contributed by atoms with E-state index in [1.165, 1.54) is 6.20 Å². The van der Waals surface area contributed by atoms with Gasteiger partial charge in [-0.2, -0.15) is 28.4 Å². The van der Waals surface area contributed by atoms with Crippen LogP contribution in [0.15, 0.2) is 11.3 Å². The average molecular weight is 311 g/mol. The topological polar surface area (TPSA) is 70.7 Å². The lowest BCUT2D eigenvalue weighted by Gasteiger charge is -2.32. The minimum Gasteiger partial charge on any atom is -0.362 e. The van der Waals surface area contributed by atoms with Gasteiger partial charge in [0.2, 0.25) is 0 Å². The number of hydrazone groups is 1. The highest BCUT2D eigenvalue weighted by molar-refractivity contribution is 6.31. The molecule has 1 aliphatic heterocycles. The van der Waals surface area contributed by atoms with Crippen LogP contribution in [-0.4, -0.2) is 43.9 Å². The zero-order valence-corrected chi connectivity index (χ0v) is 11.0. The Hall–Kier alpha value is -1.61. The first-order valence-corrected chi connectivity index (χ1v) is 5.87. The molecular formula is C10H10ClF3N4O2. The van der Waals surface area contributed by atoms with Crippen LogP contribution in [0.3, 0.4) is 0 Å². The predicted octanol–water partition coefficient (Wildman–Crippen LogP) is 1.31. The third-order valence-electron chi connectivity index (χ3n) is 2.80. The van der Waals surface area contributed by atoms with Crippen LogP contribution in [0.4, 0.5) is 13.2 Å². The quantitative estimate of drug-likeness (QED) is 0.895. The first kappa shape index (κ1) is 14.8. The van der Waals surface area contributed by atoms with Crippen molar-refractivity contribution < 1.29 is 23.1 Å². The molecule has 1 amide bonds. The number of aliphatic hydroxyl groups is 1. The SMILES string of the molecule is Cc1nn(CC(=O)N2N=CCC2(O)C(F)(F)F)cc1Cl. The van der Waals surface area contributed by atoms with Crippen LogP contribution < -0.4 is 0 Å². The van der Waals surface area contributed by atoms with E-state index in [1.54, 1.807) is 6.92 Å². The number of carbonyl (C=O) groups is 1. The van der Waals surface area contributed by atoms with Crippen molar-refractivity contribution in [3.8, 4) is 0 Å². The summed E-state index contributed by atoms with van der Waals surface area (Å²) in [5.41, 5.74) is -2.87. The fourth-order valence-electron chi connectivity index (χ4n) is 1.72. The van der Waals surface area contributed by atoms with Gasteiger partial charge < -0.3 is 5.11 Å². The van der Waals surface area contributed by atoms with Gasteiger partial charge in [-0.3, -0.25) is 9.48 Å². The van der Waals surface area contributed by atoms with Gasteiger partial charge in [0.1, 0.15) is 6.54 Å². The second kappa shape index (κ2) is 4.74. The lowest BCUT2D eigenvalue weighted by atomic mass is 10.1. The zero-order valence-electron chi connectivity index (χ0n) is 10.2. The van der Waals surface area contributed by atoms with Crippen molar-refractivity contribution in [3.05, 3.63) is 16.9 Å². The summed E-state index contributed by atoms with van der Waals surface area (Å²) in [5, 5.41) is 17.1. The normalized spacial score (nSPS) is 22.6. The molecule has 0 saturated carbocycles. The lowest BCUT2D eigenvalue weighted by Crippen LogP contribution is -2.57. The van der Waals surface area contributed by atoms with Crippen LogP contribution in [0, 0.1) is 6.92 Å². The molecule has 0 fully saturated rings. The van der Waals surface area contributed by atoms with Crippen molar-refractivity contribution in [1.29, 1.82) is 0 Å². The summed E-state index contributed by atoms with van der Waals surface area (Å²) < 4.78 is 39.5. The summed E-state index contributed by atoms with van der Waals surface area (Å²) in [7, 11) is 0. The van der Waals surface area contributed by atoms with E-state index >= 15 is 0 Å². The van der Waals surface area contributed by atoms with Crippen LogP contribution in [0.2, 0.25) is 5.02 Å². The number of carbonyl (C=O) groups excluding carboxylic acids is 1. The van der Waals surface area contributed by atoms with Crippen LogP contribution in [0.25, 0.3) is 0 Å². The highest BCUT2D eigenvalue weighted by Crippen LogP contribution is 2.38. The summed E-state index contributed by atoms with van der Waals surface area (Å²) in [4.78, 5) is 11.8. The second-order valence-corrected chi connectivity index (χ2v) is 4.69. The highest BCUT2D eigenvalue weighted by atomic mass is 35.5. The summed E-state index contributed by atoms with van der Waals surface area (Å²) in [5.74, 6) is -1.04. The maximum atomic E-state index is 12.8. The minimum absolute atomic E-state index is 0.0257. The van der Waals surface area contributed by atoms with Gasteiger partial charge in [0, 0.05) is 18.8 Å². The van der Waals surface area contributed by atoms with Crippen molar-refractivity contribution >= 4 is 23.7 Å². The van der Waals surface area contributed by atoms with Gasteiger partial charge in [-0.1, -0.05) is 11.6 Å². The first-order valence-electron chi connectivity index (χ1n) is 5.49. The number of amides is 1. The van der Waals surface area contributed by atoms with Crippen molar-refractivity contribution in [1.82, 2.24) is 14.8 Å². The molecule has 0 bridgehead atoms. The summed E-state index contributed by atoms with van der Waals surface area (Å²) >= 11 is 5.73. The van der Waals surface area contributed by atoms with Gasteiger partial charge in [0.05, 0.1) is 10.7 Å². The molecule has 0 saturated heterocycles. The van der Waals surface area contributed by atoms with E-state index in [1.807, 2.05) is 0 Å². The molecule has 2 heterocycles. The monoisotopic (exact) mass is 310 g/mol. The zero-order chi connectivity index (χ0) is 15.1. The third-order valence-corrected chi connectivity index (χ3v) is 3.17. The molecule has 1 aliphatic rings. The van der Waals surface area contributed by atoms with Crippen LogP contribution in [0.1, 0.15) is 12.1 Å². The van der Waals surface area contributed by atoms with Crippen LogP contribution >= 0.6 is 11.6 Å². The van der Waals surface area contributed by atoms with Gasteiger partial charge >= 0.3 is 6.18 Å². The number of halogens is 4. The Bertz CT molecular complexity index is 552. The molecule has 0 aromatic carbocycles. The van der Waals surface area contributed by atoms with E-state index < -0.39 is 30.8 Å². The summed E-state index contributed by atoms with van der Waals surface area (Å²) in [6, 6.07) is 0. The maximum Gasteiger partial charge on any atom is 0.438 e. The Balaban J connectivity index is 2.18. The lowest BCUT2D eigenvalue weighted by molar-refractivity contribution is -0.302. The Morgan fingerprint density at radius 3 is 2.75 bits per heavy atom. The number of aryl methyl sites for hydroxylation is 1. The van der Waals surface area contributed by atoms with E-state index in [9.17, 15) is 23.1 Å². The molecule has 1 atom stereocenters. The smallest absolute Gasteiger partial charge is 0.362 e. The standard InChI is InChI=1S/C10H10ClF3N4O2/c1-6-7(11)4-17(16-6)5-8(19)18-9(20,2-3-15-18)10(12,13)14/h3-4,20H,2,5H2,1H3. The van der Waals surface area contributed by atoms with E-state index in [2.05, 4.69) is 10.2 Å². The number of aromatic nitrogens is 2. The van der Waals surface area contributed by atoms with Crippen molar-refractivity contribution in [2.45, 2.75) is 31.8 Å². The van der Waals surface area contributed by atoms with Crippen molar-refractivity contribution in [2.24, 2.45) is 5.10 Å². The first-order chi connectivity index (χ1) is 9.15. The van der Waals surface area contributed by atoms with Crippen molar-refractivity contribution in [2.75, 3.05) is 0 Å². The maximum absolute atomic E-state index is 12.8. The van der Waals surface area contributed by atoms with Crippen molar-refractivity contribution in [3.63, 3.8) is 0 Å². The molecule has 1 aromatic heterocycles. The number of rotatable bonds is 2. The van der Waals surface area contributed by atoms with E-state index in [4.69, 9.17) is 11.6 Å². The molecule has 20 heavy (non-hydrogen) atoms. The molecule has 1 aromatic rings. The molecule has 0 aliphatic carbocycles. The molecule has 1 N–H and O–H groups in total. The summed E-state index contributed by atoms with van der Waals surface area (Å²) in [6.45, 7) is 1.08. The van der Waals surface area contributed by atoms with E-state index in [0.29, 0.717) is 5.69 Å². The van der Waals surface area contributed by atoms with Gasteiger partial charge in [0.25, 0.3) is 11.6 Å². The fraction of sp³-hybridized carbons (Fsp3) is 0.500. The third kappa shape index (κ3) is 2.38. The molecule has 1 unspecified atom stereocenters. The summed E-state index contributed by atoms with van der Waals surface area (Å²) in [6.07, 6.45) is -3.66. The number of hydrogen-bond acceptors (Lipinski definition) is 4. The van der Waals surface area contributed by atoms with E-state index in [-0.39, 0.29) is 10.0 Å². The fourth-order valence-corrected chi connectivity index (χ4v) is 1.87. The molecule has 0 radical (unpaired) electrons. The Morgan fingerprint density at radius 1 is 1.60 bits per heavy atom. The Morgan fingerprint density at radius 2 is 2.25 bits per heavy atom. The molecule has 10 heteroatoms. The second-order valence-electron chi connectivity index (χ2n) is 4.28. The Labute approximate surface area is 116 Å². The van der Waals surface area contributed by atoms with Gasteiger partial charge in [0.15, 0.2) is 0 Å². The number of nitrogens with zero attached hydrogens (tertiary/aromatic N) is 4. The van der Waals surface area contributed by atoms with E-state index in [0.717, 1.165) is 10.9 Å². The molecule has 110 valence electrons. The van der Waals surface area contributed by atoms with Crippen LogP contribution in [-0.2, 0) is 11.3 Å². The van der Waals surface area contributed by atoms with Crippen LogP contribution in [0.5, 0.6) is 0 Å². The highest BCUT2D eigenvalue weighted by Gasteiger charge is 2.61. The molecule has 6 nitrogen and oxygen atoms in total. The average Bonchev–Trinajstić information content (AvgIpc) is 2.83.